The highest BCUT2D eigenvalue weighted by atomic mass is 19.1. The van der Waals surface area contributed by atoms with Gasteiger partial charge in [0.2, 0.25) is 5.91 Å². The van der Waals surface area contributed by atoms with Gasteiger partial charge in [-0.25, -0.2) is 4.39 Å². The molecular formula is C16H16FN3O. The zero-order valence-electron chi connectivity index (χ0n) is 11.6. The van der Waals surface area contributed by atoms with Crippen LogP contribution in [0.15, 0.2) is 42.5 Å². The summed E-state index contributed by atoms with van der Waals surface area (Å²) in [5.74, 6) is -0.455. The summed E-state index contributed by atoms with van der Waals surface area (Å²) in [4.78, 5) is 12.3. The number of anilines is 3. The number of hydrogen-bond donors (Lipinski definition) is 3. The lowest BCUT2D eigenvalue weighted by Crippen LogP contribution is -2.42. The predicted molar refractivity (Wildman–Crippen MR) is 82.1 cm³/mol. The second kappa shape index (κ2) is 5.44. The summed E-state index contributed by atoms with van der Waals surface area (Å²) in [5, 5.41) is 9.25. The molecule has 0 radical (unpaired) electrons. The molecule has 2 aromatic carbocycles. The Bertz CT molecular complexity index is 687. The average Bonchev–Trinajstić information content (AvgIpc) is 2.49. The van der Waals surface area contributed by atoms with Gasteiger partial charge in [-0.2, -0.15) is 0 Å². The zero-order chi connectivity index (χ0) is 14.8. The van der Waals surface area contributed by atoms with E-state index in [1.807, 2.05) is 24.3 Å². The topological polar surface area (TPSA) is 53.2 Å². The first-order chi connectivity index (χ1) is 10.1. The third-order valence-corrected chi connectivity index (χ3v) is 3.52. The minimum Gasteiger partial charge on any atom is -0.381 e. The number of carbonyl (C=O) groups excluding carboxylic acids is 1. The van der Waals surface area contributed by atoms with Crippen molar-refractivity contribution in [1.29, 1.82) is 0 Å². The first kappa shape index (κ1) is 13.4. The normalized spacial score (nSPS) is 16.4. The Morgan fingerprint density at radius 3 is 2.76 bits per heavy atom. The first-order valence-corrected chi connectivity index (χ1v) is 6.80. The average molecular weight is 285 g/mol. The number of carbonyl (C=O) groups is 1. The van der Waals surface area contributed by atoms with Crippen molar-refractivity contribution in [1.82, 2.24) is 0 Å². The summed E-state index contributed by atoms with van der Waals surface area (Å²) in [6, 6.07) is 11.7. The van der Waals surface area contributed by atoms with Crippen molar-refractivity contribution >= 4 is 23.0 Å². The Balaban J connectivity index is 1.72. The van der Waals surface area contributed by atoms with E-state index in [2.05, 4.69) is 16.0 Å². The summed E-state index contributed by atoms with van der Waals surface area (Å²) >= 11 is 0. The number of nitrogens with one attached hydrogen (secondary N) is 3. The number of para-hydroxylation sites is 2. The fourth-order valence-electron chi connectivity index (χ4n) is 2.36. The van der Waals surface area contributed by atoms with Crippen LogP contribution in [0.4, 0.5) is 21.5 Å². The van der Waals surface area contributed by atoms with E-state index in [-0.39, 0.29) is 17.8 Å². The van der Waals surface area contributed by atoms with Crippen LogP contribution < -0.4 is 16.0 Å². The molecule has 1 amide bonds. The van der Waals surface area contributed by atoms with E-state index < -0.39 is 0 Å². The van der Waals surface area contributed by atoms with Gasteiger partial charge in [0.05, 0.1) is 11.4 Å². The van der Waals surface area contributed by atoms with E-state index in [4.69, 9.17) is 0 Å². The van der Waals surface area contributed by atoms with Crippen molar-refractivity contribution in [3.63, 3.8) is 0 Å². The third-order valence-electron chi connectivity index (χ3n) is 3.52. The molecule has 4 nitrogen and oxygen atoms in total. The van der Waals surface area contributed by atoms with Crippen LogP contribution in [0.5, 0.6) is 0 Å². The largest absolute Gasteiger partial charge is 0.381 e. The molecule has 0 fully saturated rings. The maximum atomic E-state index is 13.1. The number of halogens is 1. The highest BCUT2D eigenvalue weighted by molar-refractivity contribution is 5.98. The smallest absolute Gasteiger partial charge is 0.248 e. The van der Waals surface area contributed by atoms with Gasteiger partial charge < -0.3 is 16.0 Å². The summed E-state index contributed by atoms with van der Waals surface area (Å²) in [5.41, 5.74) is 3.22. The molecule has 1 atom stereocenters. The third kappa shape index (κ3) is 2.81. The van der Waals surface area contributed by atoms with Gasteiger partial charge in [-0.1, -0.05) is 12.1 Å². The standard InChI is InChI=1S/C16H16FN3O/c1-10-8-11(17)6-7-12(10)20-16(21)15-9-18-13-4-2-3-5-14(13)19-15/h2-8,15,18-19H,9H2,1H3,(H,20,21). The van der Waals surface area contributed by atoms with Gasteiger partial charge in [-0.15, -0.1) is 0 Å². The van der Waals surface area contributed by atoms with Gasteiger partial charge in [0.15, 0.2) is 0 Å². The molecule has 3 N–H and O–H groups in total. The number of amides is 1. The number of fused-ring (bicyclic) bond motifs is 1. The highest BCUT2D eigenvalue weighted by Gasteiger charge is 2.23. The van der Waals surface area contributed by atoms with Crippen molar-refractivity contribution in [3.05, 3.63) is 53.8 Å². The van der Waals surface area contributed by atoms with Crippen LogP contribution in [0.1, 0.15) is 5.56 Å². The van der Waals surface area contributed by atoms with Crippen molar-refractivity contribution < 1.29 is 9.18 Å². The molecular weight excluding hydrogens is 269 g/mol. The lowest BCUT2D eigenvalue weighted by Gasteiger charge is -2.27. The molecule has 108 valence electrons. The molecule has 1 heterocycles. The fourth-order valence-corrected chi connectivity index (χ4v) is 2.36. The molecule has 5 heteroatoms. The second-order valence-electron chi connectivity index (χ2n) is 5.07. The van der Waals surface area contributed by atoms with Crippen LogP contribution in [-0.4, -0.2) is 18.5 Å². The quantitative estimate of drug-likeness (QED) is 0.795. The maximum absolute atomic E-state index is 13.1. The Hall–Kier alpha value is -2.56. The van der Waals surface area contributed by atoms with Gasteiger partial charge in [-0.05, 0) is 42.8 Å². The van der Waals surface area contributed by atoms with Crippen LogP contribution in [0, 0.1) is 12.7 Å². The SMILES string of the molecule is Cc1cc(F)ccc1NC(=O)C1CNc2ccccc2N1. The van der Waals surface area contributed by atoms with Crippen LogP contribution in [0.3, 0.4) is 0 Å². The van der Waals surface area contributed by atoms with Crippen LogP contribution in [0.25, 0.3) is 0 Å². The van der Waals surface area contributed by atoms with Gasteiger partial charge in [0, 0.05) is 12.2 Å². The molecule has 3 rings (SSSR count). The minimum absolute atomic E-state index is 0.147. The first-order valence-electron chi connectivity index (χ1n) is 6.80. The van der Waals surface area contributed by atoms with Gasteiger partial charge >= 0.3 is 0 Å². The van der Waals surface area contributed by atoms with E-state index >= 15 is 0 Å². The predicted octanol–water partition coefficient (Wildman–Crippen LogP) is 2.98. The van der Waals surface area contributed by atoms with Gasteiger partial charge in [0.25, 0.3) is 0 Å². The summed E-state index contributed by atoms with van der Waals surface area (Å²) < 4.78 is 13.1. The van der Waals surface area contributed by atoms with E-state index in [0.717, 1.165) is 11.4 Å². The van der Waals surface area contributed by atoms with Crippen molar-refractivity contribution in [2.75, 3.05) is 22.5 Å². The lowest BCUT2D eigenvalue weighted by atomic mass is 10.1. The molecule has 0 saturated carbocycles. The molecule has 0 bridgehead atoms. The van der Waals surface area contributed by atoms with E-state index in [1.54, 1.807) is 13.0 Å². The zero-order valence-corrected chi connectivity index (χ0v) is 11.6. The molecule has 0 aliphatic carbocycles. The van der Waals surface area contributed by atoms with Crippen LogP contribution in [-0.2, 0) is 4.79 Å². The summed E-state index contributed by atoms with van der Waals surface area (Å²) in [6.45, 7) is 2.27. The van der Waals surface area contributed by atoms with Crippen LogP contribution >= 0.6 is 0 Å². The highest BCUT2D eigenvalue weighted by Crippen LogP contribution is 2.25. The Kier molecular flexibility index (Phi) is 3.48. The number of aryl methyl sites for hydroxylation is 1. The van der Waals surface area contributed by atoms with E-state index in [0.29, 0.717) is 17.8 Å². The molecule has 1 aliphatic heterocycles. The molecule has 2 aromatic rings. The molecule has 21 heavy (non-hydrogen) atoms. The maximum Gasteiger partial charge on any atom is 0.248 e. The number of hydrogen-bond acceptors (Lipinski definition) is 3. The monoisotopic (exact) mass is 285 g/mol. The van der Waals surface area contributed by atoms with Gasteiger partial charge in [-0.3, -0.25) is 4.79 Å². The van der Waals surface area contributed by atoms with Crippen LogP contribution in [0.2, 0.25) is 0 Å². The van der Waals surface area contributed by atoms with E-state index in [9.17, 15) is 9.18 Å². The molecule has 0 aromatic heterocycles. The summed E-state index contributed by atoms with van der Waals surface area (Å²) in [7, 11) is 0. The molecule has 0 spiro atoms. The number of rotatable bonds is 2. The summed E-state index contributed by atoms with van der Waals surface area (Å²) in [6.07, 6.45) is 0. The molecule has 1 unspecified atom stereocenters. The Labute approximate surface area is 122 Å². The van der Waals surface area contributed by atoms with Crippen molar-refractivity contribution in [2.24, 2.45) is 0 Å². The second-order valence-corrected chi connectivity index (χ2v) is 5.07. The van der Waals surface area contributed by atoms with E-state index in [1.165, 1.54) is 12.1 Å². The molecule has 0 saturated heterocycles. The Morgan fingerprint density at radius 1 is 1.24 bits per heavy atom. The minimum atomic E-state index is -0.371. The Morgan fingerprint density at radius 2 is 2.00 bits per heavy atom. The van der Waals surface area contributed by atoms with Crippen molar-refractivity contribution in [3.8, 4) is 0 Å². The van der Waals surface area contributed by atoms with Gasteiger partial charge in [0.1, 0.15) is 11.9 Å². The molecule has 1 aliphatic rings. The van der Waals surface area contributed by atoms with Crippen molar-refractivity contribution in [2.45, 2.75) is 13.0 Å². The number of benzene rings is 2. The fraction of sp³-hybridized carbons (Fsp3) is 0.188. The lowest BCUT2D eigenvalue weighted by molar-refractivity contribution is -0.116.